The third kappa shape index (κ3) is 3.89. The number of carboxylic acids is 1. The van der Waals surface area contributed by atoms with E-state index in [0.717, 1.165) is 4.88 Å². The van der Waals surface area contributed by atoms with Gasteiger partial charge in [0.2, 0.25) is 11.1 Å². The Labute approximate surface area is 177 Å². The fraction of sp³-hybridized carbons (Fsp3) is 0.375. The van der Waals surface area contributed by atoms with Gasteiger partial charge in [0, 0.05) is 15.9 Å². The van der Waals surface area contributed by atoms with Crippen LogP contribution < -0.4 is 5.32 Å². The van der Waals surface area contributed by atoms with Crippen molar-refractivity contribution in [2.45, 2.75) is 35.2 Å². The van der Waals surface area contributed by atoms with Crippen LogP contribution in [0.25, 0.3) is 0 Å². The Morgan fingerprint density at radius 2 is 2.34 bits per heavy atom. The Bertz CT molecular complexity index is 961. The first-order chi connectivity index (χ1) is 14.0. The van der Waals surface area contributed by atoms with Crippen LogP contribution in [0.4, 0.5) is 0 Å². The molecule has 4 rings (SSSR count). The molecule has 0 bridgehead atoms. The summed E-state index contributed by atoms with van der Waals surface area (Å²) in [5.41, 5.74) is 0.604. The SMILES string of the molecule is CC(Sc1nnn[nH]1)C1=C(C(=O)O)N2C(=O)C(NC(=O)Cc3cccs3)[C@@H]2SC1. The zero-order valence-corrected chi connectivity index (χ0v) is 17.5. The molecule has 10 nitrogen and oxygen atoms in total. The van der Waals surface area contributed by atoms with Crippen LogP contribution in [0.3, 0.4) is 0 Å². The van der Waals surface area contributed by atoms with Crippen LogP contribution in [0.1, 0.15) is 11.8 Å². The minimum atomic E-state index is -1.16. The van der Waals surface area contributed by atoms with E-state index in [4.69, 9.17) is 0 Å². The molecule has 2 unspecified atom stereocenters. The van der Waals surface area contributed by atoms with E-state index in [1.54, 1.807) is 0 Å². The van der Waals surface area contributed by atoms with Crippen molar-refractivity contribution in [2.75, 3.05) is 5.75 Å². The molecule has 1 saturated heterocycles. The smallest absolute Gasteiger partial charge is 0.352 e. The van der Waals surface area contributed by atoms with Crippen molar-refractivity contribution < 1.29 is 19.5 Å². The molecule has 4 heterocycles. The van der Waals surface area contributed by atoms with Gasteiger partial charge in [-0.3, -0.25) is 14.5 Å². The molecule has 1 fully saturated rings. The van der Waals surface area contributed by atoms with Crippen LogP contribution in [0.15, 0.2) is 33.9 Å². The molecule has 2 aromatic heterocycles. The number of aliphatic carboxylic acids is 1. The second-order valence-electron chi connectivity index (χ2n) is 6.36. The number of aromatic nitrogens is 4. The Hall–Kier alpha value is -2.38. The number of carboxylic acid groups (broad SMARTS) is 1. The highest BCUT2D eigenvalue weighted by molar-refractivity contribution is 8.01. The first-order valence-corrected chi connectivity index (χ1v) is 11.4. The lowest BCUT2D eigenvalue weighted by atomic mass is 10.0. The van der Waals surface area contributed by atoms with Crippen LogP contribution in [0.2, 0.25) is 0 Å². The zero-order chi connectivity index (χ0) is 20.5. The number of β-lactam (4-membered cyclic amide) rings is 1. The highest BCUT2D eigenvalue weighted by Crippen LogP contribution is 2.43. The zero-order valence-electron chi connectivity index (χ0n) is 15.1. The minimum Gasteiger partial charge on any atom is -0.477 e. The molecule has 0 spiro atoms. The van der Waals surface area contributed by atoms with Crippen molar-refractivity contribution in [1.29, 1.82) is 0 Å². The average molecular weight is 453 g/mol. The second kappa shape index (κ2) is 8.16. The molecule has 3 N–H and O–H groups in total. The van der Waals surface area contributed by atoms with Gasteiger partial charge in [0.1, 0.15) is 17.1 Å². The Balaban J connectivity index is 1.48. The molecule has 29 heavy (non-hydrogen) atoms. The molecule has 13 heteroatoms. The summed E-state index contributed by atoms with van der Waals surface area (Å²) in [5, 5.41) is 27.6. The Kier molecular flexibility index (Phi) is 5.61. The number of tetrazole rings is 1. The lowest BCUT2D eigenvalue weighted by molar-refractivity contribution is -0.150. The lowest BCUT2D eigenvalue weighted by Gasteiger charge is -2.50. The number of nitrogens with zero attached hydrogens (tertiary/aromatic N) is 4. The van der Waals surface area contributed by atoms with Gasteiger partial charge in [-0.1, -0.05) is 17.8 Å². The van der Waals surface area contributed by atoms with Crippen molar-refractivity contribution >= 4 is 52.6 Å². The molecule has 0 saturated carbocycles. The van der Waals surface area contributed by atoms with E-state index in [9.17, 15) is 19.5 Å². The summed E-state index contributed by atoms with van der Waals surface area (Å²) in [5.74, 6) is -1.39. The van der Waals surface area contributed by atoms with Gasteiger partial charge in [-0.25, -0.2) is 9.89 Å². The van der Waals surface area contributed by atoms with Gasteiger partial charge < -0.3 is 10.4 Å². The van der Waals surface area contributed by atoms with Crippen LogP contribution >= 0.6 is 34.9 Å². The summed E-state index contributed by atoms with van der Waals surface area (Å²) in [6.45, 7) is 1.84. The number of carbonyl (C=O) groups is 3. The summed E-state index contributed by atoms with van der Waals surface area (Å²) < 4.78 is 0. The quantitative estimate of drug-likeness (QED) is 0.409. The van der Waals surface area contributed by atoms with Crippen molar-refractivity contribution in [3.8, 4) is 0 Å². The molecular weight excluding hydrogens is 436 g/mol. The monoisotopic (exact) mass is 452 g/mol. The number of H-pyrrole nitrogens is 1. The van der Waals surface area contributed by atoms with E-state index in [1.165, 1.54) is 39.8 Å². The van der Waals surface area contributed by atoms with Gasteiger partial charge in [0.15, 0.2) is 0 Å². The average Bonchev–Trinajstić information content (AvgIpc) is 3.38. The molecular formula is C16H16N6O4S3. The standard InChI is InChI=1S/C16H16N6O4S3/c1-7(29-16-18-20-21-19-16)9-6-28-14-11(13(24)22(14)12(9)15(25)26)17-10(23)5-8-3-2-4-27-8/h2-4,7,11,14H,5-6H2,1H3,(H,17,23)(H,25,26)(H,18,19,20,21)/t7?,11?,14-/m0/s1. The summed E-state index contributed by atoms with van der Waals surface area (Å²) in [6.07, 6.45) is 0.199. The fourth-order valence-corrected chi connectivity index (χ4v) is 6.32. The largest absolute Gasteiger partial charge is 0.477 e. The minimum absolute atomic E-state index is 0.0185. The molecule has 0 aliphatic carbocycles. The number of fused-ring (bicyclic) bond motifs is 1. The number of thiophene rings is 1. The number of hydrogen-bond donors (Lipinski definition) is 3. The number of rotatable bonds is 7. The molecule has 2 amide bonds. The molecule has 2 aliphatic rings. The summed E-state index contributed by atoms with van der Waals surface area (Å²) in [7, 11) is 0. The molecule has 2 aromatic rings. The number of hydrogen-bond acceptors (Lipinski definition) is 9. The van der Waals surface area contributed by atoms with Crippen molar-refractivity contribution in [3.05, 3.63) is 33.7 Å². The van der Waals surface area contributed by atoms with Gasteiger partial charge >= 0.3 is 5.97 Å². The maximum atomic E-state index is 12.7. The van der Waals surface area contributed by atoms with Crippen LogP contribution in [0, 0.1) is 0 Å². The first-order valence-electron chi connectivity index (χ1n) is 8.59. The topological polar surface area (TPSA) is 141 Å². The van der Waals surface area contributed by atoms with E-state index in [0.29, 0.717) is 16.5 Å². The van der Waals surface area contributed by atoms with Gasteiger partial charge in [-0.2, -0.15) is 0 Å². The van der Waals surface area contributed by atoms with E-state index in [-0.39, 0.29) is 23.3 Å². The summed E-state index contributed by atoms with van der Waals surface area (Å²) in [6, 6.07) is 3.00. The molecule has 152 valence electrons. The lowest BCUT2D eigenvalue weighted by Crippen LogP contribution is -2.70. The molecule has 2 aliphatic heterocycles. The highest BCUT2D eigenvalue weighted by Gasteiger charge is 2.54. The Morgan fingerprint density at radius 1 is 1.52 bits per heavy atom. The van der Waals surface area contributed by atoms with E-state index < -0.39 is 23.3 Å². The van der Waals surface area contributed by atoms with Crippen LogP contribution in [-0.2, 0) is 20.8 Å². The normalized spacial score (nSPS) is 22.1. The number of nitrogens with one attached hydrogen (secondary N) is 2. The number of aromatic amines is 1. The van der Waals surface area contributed by atoms with Crippen molar-refractivity contribution in [1.82, 2.24) is 30.8 Å². The Morgan fingerprint density at radius 3 is 3.00 bits per heavy atom. The number of carbonyl (C=O) groups excluding carboxylic acids is 2. The molecule has 0 aromatic carbocycles. The molecule has 3 atom stereocenters. The third-order valence-corrected chi connectivity index (χ3v) is 7.75. The number of amides is 2. The van der Waals surface area contributed by atoms with Crippen LogP contribution in [-0.4, -0.2) is 70.8 Å². The maximum Gasteiger partial charge on any atom is 0.352 e. The third-order valence-electron chi connectivity index (χ3n) is 4.54. The van der Waals surface area contributed by atoms with Crippen molar-refractivity contribution in [2.24, 2.45) is 0 Å². The molecule has 0 radical (unpaired) electrons. The maximum absolute atomic E-state index is 12.7. The highest BCUT2D eigenvalue weighted by atomic mass is 32.2. The van der Waals surface area contributed by atoms with Gasteiger partial charge in [-0.15, -0.1) is 28.2 Å². The number of thioether (sulfide) groups is 2. The van der Waals surface area contributed by atoms with Gasteiger partial charge in [-0.05, 0) is 34.4 Å². The summed E-state index contributed by atoms with van der Waals surface area (Å²) >= 11 is 4.20. The van der Waals surface area contributed by atoms with Gasteiger partial charge in [0.25, 0.3) is 5.91 Å². The second-order valence-corrected chi connectivity index (χ2v) is 9.82. The predicted octanol–water partition coefficient (Wildman–Crippen LogP) is 0.723. The summed E-state index contributed by atoms with van der Waals surface area (Å²) in [4.78, 5) is 39.1. The van der Waals surface area contributed by atoms with E-state index in [2.05, 4.69) is 25.9 Å². The predicted molar refractivity (Wildman–Crippen MR) is 107 cm³/mol. The van der Waals surface area contributed by atoms with E-state index >= 15 is 0 Å². The van der Waals surface area contributed by atoms with Crippen molar-refractivity contribution in [3.63, 3.8) is 0 Å². The van der Waals surface area contributed by atoms with E-state index in [1.807, 2.05) is 24.4 Å². The fourth-order valence-electron chi connectivity index (χ4n) is 3.19. The van der Waals surface area contributed by atoms with Crippen LogP contribution in [0.5, 0.6) is 0 Å². The first kappa shape index (κ1) is 19.9. The van der Waals surface area contributed by atoms with Gasteiger partial charge in [0.05, 0.1) is 6.42 Å².